The Balaban J connectivity index is 1.29. The summed E-state index contributed by atoms with van der Waals surface area (Å²) in [7, 11) is 0. The molecule has 2 aromatic rings. The predicted molar refractivity (Wildman–Crippen MR) is 114 cm³/mol. The summed E-state index contributed by atoms with van der Waals surface area (Å²) in [6.07, 6.45) is -4.52. The van der Waals surface area contributed by atoms with E-state index in [4.69, 9.17) is 0 Å². The molecule has 1 N–H and O–H groups in total. The van der Waals surface area contributed by atoms with Gasteiger partial charge in [-0.2, -0.15) is 13.2 Å². The maximum Gasteiger partial charge on any atom is 0.416 e. The van der Waals surface area contributed by atoms with Crippen LogP contribution in [-0.4, -0.2) is 53.8 Å². The molecular formula is C24H26F3N3O2. The Morgan fingerprint density at radius 3 is 2.56 bits per heavy atom. The van der Waals surface area contributed by atoms with E-state index in [1.54, 1.807) is 4.90 Å². The molecule has 2 aliphatic heterocycles. The smallest absolute Gasteiger partial charge is 0.343 e. The lowest BCUT2D eigenvalue weighted by molar-refractivity contribution is -0.140. The van der Waals surface area contributed by atoms with Gasteiger partial charge in [0.1, 0.15) is 0 Å². The van der Waals surface area contributed by atoms with E-state index in [9.17, 15) is 22.8 Å². The average molecular weight is 445 g/mol. The van der Waals surface area contributed by atoms with Crippen LogP contribution in [-0.2, 0) is 17.5 Å². The maximum absolute atomic E-state index is 12.8. The van der Waals surface area contributed by atoms with Crippen LogP contribution >= 0.6 is 0 Å². The van der Waals surface area contributed by atoms with E-state index in [1.807, 2.05) is 0 Å². The van der Waals surface area contributed by atoms with Gasteiger partial charge in [0, 0.05) is 37.7 Å². The van der Waals surface area contributed by atoms with Crippen molar-refractivity contribution in [1.82, 2.24) is 15.1 Å². The van der Waals surface area contributed by atoms with Gasteiger partial charge in [0.05, 0.1) is 18.2 Å². The number of likely N-dealkylation sites (tertiary alicyclic amines) is 2. The van der Waals surface area contributed by atoms with E-state index in [0.29, 0.717) is 12.5 Å². The maximum atomic E-state index is 12.8. The van der Waals surface area contributed by atoms with Gasteiger partial charge in [-0.3, -0.25) is 14.5 Å². The second-order valence-corrected chi connectivity index (χ2v) is 8.76. The molecule has 0 aromatic heterocycles. The third-order valence-electron chi connectivity index (χ3n) is 6.38. The number of aryl methyl sites for hydroxylation is 2. The number of hydrogen-bond acceptors (Lipinski definition) is 3. The lowest BCUT2D eigenvalue weighted by Gasteiger charge is -2.43. The molecule has 0 bridgehead atoms. The van der Waals surface area contributed by atoms with Crippen LogP contribution in [0.1, 0.15) is 32.6 Å². The zero-order valence-electron chi connectivity index (χ0n) is 18.1. The minimum absolute atomic E-state index is 0.116. The van der Waals surface area contributed by atoms with Crippen molar-refractivity contribution in [2.45, 2.75) is 32.6 Å². The third-order valence-corrected chi connectivity index (χ3v) is 6.38. The van der Waals surface area contributed by atoms with Crippen molar-refractivity contribution < 1.29 is 22.8 Å². The van der Waals surface area contributed by atoms with E-state index in [-0.39, 0.29) is 24.1 Å². The number of nitrogens with one attached hydrogen (secondary N) is 1. The summed E-state index contributed by atoms with van der Waals surface area (Å²) >= 11 is 0. The highest BCUT2D eigenvalue weighted by Crippen LogP contribution is 2.33. The highest BCUT2D eigenvalue weighted by Gasteiger charge is 2.47. The highest BCUT2D eigenvalue weighted by molar-refractivity contribution is 5.96. The van der Waals surface area contributed by atoms with Gasteiger partial charge in [-0.1, -0.05) is 29.8 Å². The van der Waals surface area contributed by atoms with E-state index in [1.165, 1.54) is 28.8 Å². The molecule has 0 aliphatic carbocycles. The van der Waals surface area contributed by atoms with Crippen LogP contribution in [0, 0.1) is 19.8 Å². The van der Waals surface area contributed by atoms with Crippen molar-refractivity contribution in [3.05, 3.63) is 70.3 Å². The molecule has 5 nitrogen and oxygen atoms in total. The van der Waals surface area contributed by atoms with Gasteiger partial charge < -0.3 is 10.2 Å². The fourth-order valence-electron chi connectivity index (χ4n) is 4.60. The molecular weight excluding hydrogens is 419 g/mol. The first-order valence-electron chi connectivity index (χ1n) is 10.7. The van der Waals surface area contributed by atoms with Crippen molar-refractivity contribution in [1.29, 1.82) is 0 Å². The second kappa shape index (κ2) is 8.58. The van der Waals surface area contributed by atoms with Crippen molar-refractivity contribution in [3.63, 3.8) is 0 Å². The molecule has 0 saturated carbocycles. The Morgan fingerprint density at radius 2 is 1.84 bits per heavy atom. The number of rotatable bonds is 5. The molecule has 8 heteroatoms. The van der Waals surface area contributed by atoms with Crippen LogP contribution in [0.5, 0.6) is 0 Å². The molecule has 0 radical (unpaired) electrons. The first kappa shape index (κ1) is 22.3. The number of carbonyl (C=O) groups is 2. The minimum Gasteiger partial charge on any atom is -0.343 e. The van der Waals surface area contributed by atoms with Crippen molar-refractivity contribution in [3.8, 4) is 0 Å². The third kappa shape index (κ3) is 4.65. The van der Waals surface area contributed by atoms with Gasteiger partial charge in [0.25, 0.3) is 5.91 Å². The van der Waals surface area contributed by atoms with Gasteiger partial charge >= 0.3 is 6.18 Å². The monoisotopic (exact) mass is 445 g/mol. The quantitative estimate of drug-likeness (QED) is 0.768. The Kier molecular flexibility index (Phi) is 5.99. The molecule has 0 unspecified atom stereocenters. The van der Waals surface area contributed by atoms with Crippen molar-refractivity contribution in [2.24, 2.45) is 5.92 Å². The molecule has 32 heavy (non-hydrogen) atoms. The first-order chi connectivity index (χ1) is 15.1. The topological polar surface area (TPSA) is 52.6 Å². The molecule has 2 fully saturated rings. The number of hydrogen-bond donors (Lipinski definition) is 1. The van der Waals surface area contributed by atoms with Gasteiger partial charge in [-0.05, 0) is 43.2 Å². The number of halogens is 3. The molecule has 2 heterocycles. The first-order valence-corrected chi connectivity index (χ1v) is 10.7. The van der Waals surface area contributed by atoms with Gasteiger partial charge in [-0.25, -0.2) is 0 Å². The summed E-state index contributed by atoms with van der Waals surface area (Å²) < 4.78 is 38.5. The van der Waals surface area contributed by atoms with Gasteiger partial charge in [-0.15, -0.1) is 0 Å². The number of alkyl halides is 3. The molecule has 2 saturated heterocycles. The molecule has 170 valence electrons. The fraction of sp³-hybridized carbons (Fsp3) is 0.417. The van der Waals surface area contributed by atoms with Crippen LogP contribution in [0.25, 0.3) is 0 Å². The van der Waals surface area contributed by atoms with Crippen LogP contribution in [0.4, 0.5) is 13.2 Å². The van der Waals surface area contributed by atoms with E-state index in [2.05, 4.69) is 42.3 Å². The number of nitrogens with zero attached hydrogens (tertiary/aromatic N) is 2. The summed E-state index contributed by atoms with van der Waals surface area (Å²) in [6, 6.07) is 10.7. The van der Waals surface area contributed by atoms with E-state index < -0.39 is 17.6 Å². The van der Waals surface area contributed by atoms with Gasteiger partial charge in [0.2, 0.25) is 5.91 Å². The van der Waals surface area contributed by atoms with Gasteiger partial charge in [0.15, 0.2) is 0 Å². The lowest BCUT2D eigenvalue weighted by Crippen LogP contribution is -2.60. The zero-order valence-corrected chi connectivity index (χ0v) is 18.1. The Labute approximate surface area is 185 Å². The molecule has 2 aliphatic rings. The number of carbonyl (C=O) groups excluding carboxylic acids is 2. The number of amides is 2. The van der Waals surface area contributed by atoms with Crippen LogP contribution in [0.15, 0.2) is 42.5 Å². The van der Waals surface area contributed by atoms with Crippen LogP contribution < -0.4 is 5.32 Å². The molecule has 0 spiro atoms. The highest BCUT2D eigenvalue weighted by atomic mass is 19.4. The summed E-state index contributed by atoms with van der Waals surface area (Å²) in [5.74, 6) is -0.478. The summed E-state index contributed by atoms with van der Waals surface area (Å²) in [4.78, 5) is 28.9. The summed E-state index contributed by atoms with van der Waals surface area (Å²) in [5, 5.41) is 2.46. The van der Waals surface area contributed by atoms with E-state index in [0.717, 1.165) is 31.8 Å². The largest absolute Gasteiger partial charge is 0.416 e. The standard InChI is InChI=1S/C24H26F3N3O2/c1-15-6-7-18(16(2)8-15)11-29-12-19-13-30(21(19)14-29)22(31)10-28-23(32)17-4-3-5-20(9-17)24(25,26)27/h3-9,19,21H,10-14H2,1-2H3,(H,28,32)/t19-,21-/m0/s1. The van der Waals surface area contributed by atoms with Crippen LogP contribution in [0.2, 0.25) is 0 Å². The molecule has 2 amide bonds. The number of fused-ring (bicyclic) bond motifs is 1. The van der Waals surface area contributed by atoms with Crippen molar-refractivity contribution in [2.75, 3.05) is 26.2 Å². The Morgan fingerprint density at radius 1 is 1.06 bits per heavy atom. The van der Waals surface area contributed by atoms with Crippen molar-refractivity contribution >= 4 is 11.8 Å². The Bertz CT molecular complexity index is 1040. The fourth-order valence-corrected chi connectivity index (χ4v) is 4.60. The normalized spacial score (nSPS) is 20.6. The zero-order chi connectivity index (χ0) is 23.0. The molecule has 2 aromatic carbocycles. The SMILES string of the molecule is Cc1ccc(CN2C[C@H]3CN(C(=O)CNC(=O)c4cccc(C(F)(F)F)c4)[C@H]3C2)c(C)c1. The summed E-state index contributed by atoms with van der Waals surface area (Å²) in [5.41, 5.74) is 2.76. The average Bonchev–Trinajstić information content (AvgIpc) is 3.03. The lowest BCUT2D eigenvalue weighted by atomic mass is 9.92. The second-order valence-electron chi connectivity index (χ2n) is 8.76. The molecule has 2 atom stereocenters. The van der Waals surface area contributed by atoms with E-state index >= 15 is 0 Å². The summed E-state index contributed by atoms with van der Waals surface area (Å²) in [6.45, 7) is 7.15. The minimum atomic E-state index is -4.52. The predicted octanol–water partition coefficient (Wildman–Crippen LogP) is 3.39. The molecule has 4 rings (SSSR count). The van der Waals surface area contributed by atoms with Crippen LogP contribution in [0.3, 0.4) is 0 Å². The Hall–Kier alpha value is -2.87. The number of benzene rings is 2.